The summed E-state index contributed by atoms with van der Waals surface area (Å²) in [6, 6.07) is 71.9. The molecule has 0 radical (unpaired) electrons. The molecule has 10 aromatic rings. The van der Waals surface area contributed by atoms with Crippen LogP contribution in [0, 0.1) is 0 Å². The molecule has 0 bridgehead atoms. The van der Waals surface area contributed by atoms with E-state index in [0.29, 0.717) is 0 Å². The second kappa shape index (κ2) is 12.7. The molecule has 0 aromatic heterocycles. The van der Waals surface area contributed by atoms with E-state index in [1.165, 1.54) is 88.2 Å². The Balaban J connectivity index is 1.06. The van der Waals surface area contributed by atoms with Crippen molar-refractivity contribution < 1.29 is 0 Å². The van der Waals surface area contributed by atoms with E-state index in [-0.39, 0.29) is 10.8 Å². The van der Waals surface area contributed by atoms with Crippen molar-refractivity contribution >= 4 is 66.4 Å². The van der Waals surface area contributed by atoms with Crippen molar-refractivity contribution in [2.75, 3.05) is 9.80 Å². The van der Waals surface area contributed by atoms with Crippen molar-refractivity contribution in [2.45, 2.75) is 38.5 Å². The van der Waals surface area contributed by atoms with E-state index < -0.39 is 0 Å². The van der Waals surface area contributed by atoms with Crippen LogP contribution in [0.5, 0.6) is 0 Å². The van der Waals surface area contributed by atoms with Crippen molar-refractivity contribution in [3.8, 4) is 22.3 Å². The SMILES string of the molecule is CC1(C)c2cc(N(c3ccccc3)c3ccccc3)ccc2-c2cc3ccc4c5c(cc6ccc1c2c6c35)-c1ccc(N(c2ccccc2)c2ccccc2)cc1C4(C)C. The summed E-state index contributed by atoms with van der Waals surface area (Å²) in [5.41, 5.74) is 17.3. The smallest absolute Gasteiger partial charge is 0.0465 e. The molecule has 286 valence electrons. The molecule has 0 aliphatic heterocycles. The number of anilines is 6. The van der Waals surface area contributed by atoms with Crippen molar-refractivity contribution in [1.82, 2.24) is 0 Å². The first-order valence-electron chi connectivity index (χ1n) is 21.2. The van der Waals surface area contributed by atoms with Gasteiger partial charge in [0.25, 0.3) is 0 Å². The topological polar surface area (TPSA) is 6.48 Å². The summed E-state index contributed by atoms with van der Waals surface area (Å²) in [4.78, 5) is 4.76. The Morgan fingerprint density at radius 2 is 0.600 bits per heavy atom. The summed E-state index contributed by atoms with van der Waals surface area (Å²) < 4.78 is 0. The average Bonchev–Trinajstić information content (AvgIpc) is 3.28. The zero-order chi connectivity index (χ0) is 40.3. The molecule has 0 spiro atoms. The molecular weight excluding hydrogens is 725 g/mol. The van der Waals surface area contributed by atoms with Crippen molar-refractivity contribution in [3.05, 3.63) is 216 Å². The first kappa shape index (κ1) is 34.8. The van der Waals surface area contributed by atoms with Crippen LogP contribution in [0.25, 0.3) is 54.6 Å². The van der Waals surface area contributed by atoms with Gasteiger partial charge < -0.3 is 9.80 Å². The lowest BCUT2D eigenvalue weighted by molar-refractivity contribution is 0.644. The number of nitrogens with zero attached hydrogens (tertiary/aromatic N) is 2. The molecule has 60 heavy (non-hydrogen) atoms. The Labute approximate surface area is 351 Å². The van der Waals surface area contributed by atoms with Gasteiger partial charge in [-0.25, -0.2) is 0 Å². The molecule has 2 aliphatic carbocycles. The van der Waals surface area contributed by atoms with Gasteiger partial charge in [0.05, 0.1) is 0 Å². The van der Waals surface area contributed by atoms with Gasteiger partial charge in [0.2, 0.25) is 0 Å². The molecule has 12 rings (SSSR count). The maximum atomic E-state index is 2.50. The van der Waals surface area contributed by atoms with Crippen LogP contribution in [0.4, 0.5) is 34.1 Å². The summed E-state index contributed by atoms with van der Waals surface area (Å²) in [6.07, 6.45) is 0. The maximum Gasteiger partial charge on any atom is 0.0465 e. The van der Waals surface area contributed by atoms with Gasteiger partial charge >= 0.3 is 0 Å². The molecule has 0 fully saturated rings. The lowest BCUT2D eigenvalue weighted by atomic mass is 9.65. The second-order valence-corrected chi connectivity index (χ2v) is 17.7. The predicted octanol–water partition coefficient (Wildman–Crippen LogP) is 16.1. The number of benzene rings is 10. The maximum absolute atomic E-state index is 2.50. The minimum atomic E-state index is -0.228. The van der Waals surface area contributed by atoms with Gasteiger partial charge in [0.15, 0.2) is 0 Å². The Kier molecular flexibility index (Phi) is 7.36. The highest BCUT2D eigenvalue weighted by Crippen LogP contribution is 2.58. The van der Waals surface area contributed by atoms with E-state index in [0.717, 1.165) is 22.7 Å². The Hall–Kier alpha value is -7.16. The van der Waals surface area contributed by atoms with Crippen LogP contribution in [0.15, 0.2) is 194 Å². The van der Waals surface area contributed by atoms with Gasteiger partial charge in [-0.2, -0.15) is 0 Å². The highest BCUT2D eigenvalue weighted by molar-refractivity contribution is 6.31. The molecule has 0 unspecified atom stereocenters. The molecule has 0 heterocycles. The normalized spacial score (nSPS) is 14.3. The number of fused-ring (bicyclic) bond motifs is 4. The van der Waals surface area contributed by atoms with Crippen LogP contribution in [0.1, 0.15) is 49.9 Å². The number of rotatable bonds is 6. The molecule has 0 saturated heterocycles. The van der Waals surface area contributed by atoms with Crippen LogP contribution in [0.2, 0.25) is 0 Å². The van der Waals surface area contributed by atoms with Crippen LogP contribution in [0.3, 0.4) is 0 Å². The largest absolute Gasteiger partial charge is 0.310 e. The zero-order valence-electron chi connectivity index (χ0n) is 34.4. The summed E-state index contributed by atoms with van der Waals surface area (Å²) in [5, 5.41) is 8.21. The van der Waals surface area contributed by atoms with Crippen LogP contribution in [-0.4, -0.2) is 0 Å². The minimum Gasteiger partial charge on any atom is -0.310 e. The molecule has 0 N–H and O–H groups in total. The standard InChI is InChI=1S/C58H44N2/c1-57(2)49-31-25-37-34-48-46-30-28-44(60(41-21-13-7-14-22-41)42-23-15-8-16-24-42)36-52(46)58(3,4)50-32-26-38-33-47(55(49)53(37)54(38)56(48)50)45-29-27-43(35-51(45)57)59(39-17-9-5-10-18-39)40-19-11-6-12-20-40/h5-36H,1-4H3. The lowest BCUT2D eigenvalue weighted by Crippen LogP contribution is -2.25. The Morgan fingerprint density at radius 1 is 0.267 bits per heavy atom. The van der Waals surface area contributed by atoms with E-state index in [2.05, 4.69) is 232 Å². The third-order valence-electron chi connectivity index (χ3n) is 13.7. The van der Waals surface area contributed by atoms with Crippen molar-refractivity contribution in [1.29, 1.82) is 0 Å². The van der Waals surface area contributed by atoms with Gasteiger partial charge in [0, 0.05) is 45.0 Å². The first-order chi connectivity index (χ1) is 29.3. The molecule has 0 atom stereocenters. The van der Waals surface area contributed by atoms with Gasteiger partial charge in [-0.1, -0.05) is 137 Å². The zero-order valence-corrected chi connectivity index (χ0v) is 34.4. The molecular formula is C58H44N2. The molecule has 10 aromatic carbocycles. The van der Waals surface area contributed by atoms with Crippen LogP contribution < -0.4 is 9.80 Å². The molecule has 2 heteroatoms. The van der Waals surface area contributed by atoms with Gasteiger partial charge in [-0.15, -0.1) is 0 Å². The number of hydrogen-bond acceptors (Lipinski definition) is 2. The fraction of sp³-hybridized carbons (Fsp3) is 0.103. The third kappa shape index (κ3) is 4.88. The summed E-state index contributed by atoms with van der Waals surface area (Å²) in [6.45, 7) is 9.69. The van der Waals surface area contributed by atoms with Gasteiger partial charge in [-0.05, 0) is 162 Å². The predicted molar refractivity (Wildman–Crippen MR) is 255 cm³/mol. The van der Waals surface area contributed by atoms with E-state index in [1.807, 2.05) is 0 Å². The quantitative estimate of drug-likeness (QED) is 0.155. The van der Waals surface area contributed by atoms with Crippen molar-refractivity contribution in [2.24, 2.45) is 0 Å². The van der Waals surface area contributed by atoms with E-state index in [4.69, 9.17) is 0 Å². The number of hydrogen-bond donors (Lipinski definition) is 0. The molecule has 2 nitrogen and oxygen atoms in total. The monoisotopic (exact) mass is 768 g/mol. The molecule has 0 amide bonds. The summed E-state index contributed by atoms with van der Waals surface area (Å²) >= 11 is 0. The Morgan fingerprint density at radius 3 is 0.933 bits per heavy atom. The Bertz CT molecular complexity index is 2990. The van der Waals surface area contributed by atoms with E-state index in [9.17, 15) is 0 Å². The lowest BCUT2D eigenvalue weighted by Gasteiger charge is -2.39. The fourth-order valence-electron chi connectivity index (χ4n) is 10.8. The average molecular weight is 769 g/mol. The summed E-state index contributed by atoms with van der Waals surface area (Å²) in [5.74, 6) is 0. The summed E-state index contributed by atoms with van der Waals surface area (Å²) in [7, 11) is 0. The van der Waals surface area contributed by atoms with E-state index >= 15 is 0 Å². The van der Waals surface area contributed by atoms with E-state index in [1.54, 1.807) is 0 Å². The van der Waals surface area contributed by atoms with Crippen LogP contribution in [-0.2, 0) is 10.8 Å². The number of para-hydroxylation sites is 4. The highest BCUT2D eigenvalue weighted by Gasteiger charge is 2.39. The highest BCUT2D eigenvalue weighted by atomic mass is 15.1. The van der Waals surface area contributed by atoms with Gasteiger partial charge in [-0.3, -0.25) is 0 Å². The van der Waals surface area contributed by atoms with Crippen molar-refractivity contribution in [3.63, 3.8) is 0 Å². The molecule has 2 aliphatic rings. The van der Waals surface area contributed by atoms with Crippen LogP contribution >= 0.6 is 0 Å². The molecule has 0 saturated carbocycles. The fourth-order valence-corrected chi connectivity index (χ4v) is 10.8. The minimum absolute atomic E-state index is 0.228. The first-order valence-corrected chi connectivity index (χ1v) is 21.2. The second-order valence-electron chi connectivity index (χ2n) is 17.7. The van der Waals surface area contributed by atoms with Gasteiger partial charge in [0.1, 0.15) is 0 Å². The third-order valence-corrected chi connectivity index (χ3v) is 13.7.